The van der Waals surface area contributed by atoms with E-state index in [0.717, 1.165) is 5.75 Å². The number of nitrogen functional groups attached to an aromatic ring is 1. The molecule has 2 rings (SSSR count). The molecule has 6 heteroatoms. The summed E-state index contributed by atoms with van der Waals surface area (Å²) < 4.78 is 24.9. The molecule has 0 bridgehead atoms. The summed E-state index contributed by atoms with van der Waals surface area (Å²) in [4.78, 5) is 0. The summed E-state index contributed by atoms with van der Waals surface area (Å²) in [5.74, 6) is 0.0281. The number of benzene rings is 2. The Morgan fingerprint density at radius 2 is 1.76 bits per heavy atom. The molecule has 0 aliphatic rings. The molecular formula is C15H14BrFN2O2. The average molecular weight is 353 g/mol. The first-order valence-electron chi connectivity index (χ1n) is 6.22. The number of nitrogens with two attached hydrogens (primary N) is 1. The summed E-state index contributed by atoms with van der Waals surface area (Å²) in [6, 6.07) is 12.3. The molecule has 0 heterocycles. The van der Waals surface area contributed by atoms with Crippen LogP contribution in [0.1, 0.15) is 5.56 Å². The molecule has 0 aromatic heterocycles. The van der Waals surface area contributed by atoms with Crippen LogP contribution >= 0.6 is 15.9 Å². The van der Waals surface area contributed by atoms with Crippen LogP contribution in [0, 0.1) is 11.2 Å². The highest BCUT2D eigenvalue weighted by Crippen LogP contribution is 2.28. The lowest BCUT2D eigenvalue weighted by molar-refractivity contribution is 0.211. The lowest BCUT2D eigenvalue weighted by Crippen LogP contribution is -2.14. The van der Waals surface area contributed by atoms with Gasteiger partial charge in [-0.1, -0.05) is 18.2 Å². The lowest BCUT2D eigenvalue weighted by atomic mass is 10.2. The highest BCUT2D eigenvalue weighted by Gasteiger charge is 2.13. The lowest BCUT2D eigenvalue weighted by Gasteiger charge is -2.11. The third kappa shape index (κ3) is 3.95. The van der Waals surface area contributed by atoms with E-state index < -0.39 is 5.82 Å². The molecule has 0 unspecified atom stereocenters. The van der Waals surface area contributed by atoms with E-state index in [-0.39, 0.29) is 22.7 Å². The van der Waals surface area contributed by atoms with Crippen LogP contribution in [0.15, 0.2) is 46.9 Å². The molecule has 0 saturated heterocycles. The van der Waals surface area contributed by atoms with Gasteiger partial charge in [-0.05, 0) is 40.2 Å². The van der Waals surface area contributed by atoms with Gasteiger partial charge in [0.2, 0.25) is 0 Å². The SMILES string of the molecule is N=C(N)c1ccc(OCCOc2ccccc2)c(F)c1Br. The fourth-order valence-corrected chi connectivity index (χ4v) is 2.22. The van der Waals surface area contributed by atoms with Gasteiger partial charge < -0.3 is 15.2 Å². The summed E-state index contributed by atoms with van der Waals surface area (Å²) >= 11 is 3.07. The van der Waals surface area contributed by atoms with E-state index in [2.05, 4.69) is 15.9 Å². The fourth-order valence-electron chi connectivity index (χ4n) is 1.68. The third-order valence-corrected chi connectivity index (χ3v) is 3.47. The largest absolute Gasteiger partial charge is 0.490 e. The Hall–Kier alpha value is -2.08. The number of para-hydroxylation sites is 1. The van der Waals surface area contributed by atoms with Crippen LogP contribution in [0.3, 0.4) is 0 Å². The van der Waals surface area contributed by atoms with Crippen LogP contribution in [-0.4, -0.2) is 19.0 Å². The van der Waals surface area contributed by atoms with Crippen molar-refractivity contribution in [3.8, 4) is 11.5 Å². The summed E-state index contributed by atoms with van der Waals surface area (Å²) in [6.45, 7) is 0.507. The van der Waals surface area contributed by atoms with E-state index in [0.29, 0.717) is 12.2 Å². The summed E-state index contributed by atoms with van der Waals surface area (Å²) in [7, 11) is 0. The molecule has 0 aliphatic carbocycles. The first kappa shape index (κ1) is 15.3. The standard InChI is InChI=1S/C15H14BrFN2O2/c16-13-11(15(18)19)6-7-12(14(13)17)21-9-8-20-10-4-2-1-3-5-10/h1-7H,8-9H2,(H3,18,19). The maximum atomic E-state index is 14.0. The molecule has 0 atom stereocenters. The Labute approximate surface area is 130 Å². The highest BCUT2D eigenvalue weighted by molar-refractivity contribution is 9.10. The van der Waals surface area contributed by atoms with Crippen LogP contribution in [0.4, 0.5) is 4.39 Å². The smallest absolute Gasteiger partial charge is 0.179 e. The summed E-state index contributed by atoms with van der Waals surface area (Å²) in [5, 5.41) is 7.33. The molecule has 0 radical (unpaired) electrons. The van der Waals surface area contributed by atoms with Crippen LogP contribution in [0.5, 0.6) is 11.5 Å². The predicted molar refractivity (Wildman–Crippen MR) is 82.5 cm³/mol. The zero-order valence-corrected chi connectivity index (χ0v) is 12.7. The average Bonchev–Trinajstić information content (AvgIpc) is 2.48. The minimum Gasteiger partial charge on any atom is -0.490 e. The number of halogens is 2. The van der Waals surface area contributed by atoms with Gasteiger partial charge in [0.25, 0.3) is 0 Å². The molecule has 4 nitrogen and oxygen atoms in total. The number of rotatable bonds is 6. The van der Waals surface area contributed by atoms with Crippen molar-refractivity contribution in [1.29, 1.82) is 5.41 Å². The van der Waals surface area contributed by atoms with E-state index >= 15 is 0 Å². The molecule has 0 aliphatic heterocycles. The Kier molecular flexibility index (Phi) is 5.16. The zero-order chi connectivity index (χ0) is 15.2. The third-order valence-electron chi connectivity index (χ3n) is 2.69. The Balaban J connectivity index is 1.92. The van der Waals surface area contributed by atoms with Gasteiger partial charge in [0.1, 0.15) is 24.8 Å². The first-order chi connectivity index (χ1) is 10.1. The second-order valence-corrected chi connectivity index (χ2v) is 4.96. The van der Waals surface area contributed by atoms with Crippen molar-refractivity contribution < 1.29 is 13.9 Å². The molecule has 0 saturated carbocycles. The van der Waals surface area contributed by atoms with E-state index in [4.69, 9.17) is 20.6 Å². The molecule has 0 spiro atoms. The first-order valence-corrected chi connectivity index (χ1v) is 7.02. The van der Waals surface area contributed by atoms with Crippen LogP contribution in [0.2, 0.25) is 0 Å². The van der Waals surface area contributed by atoms with E-state index in [1.54, 1.807) is 0 Å². The molecule has 21 heavy (non-hydrogen) atoms. The quantitative estimate of drug-likeness (QED) is 0.476. The predicted octanol–water partition coefficient (Wildman–Crippen LogP) is 3.33. The molecule has 0 amide bonds. The van der Waals surface area contributed by atoms with E-state index in [1.165, 1.54) is 12.1 Å². The number of nitrogens with one attached hydrogen (secondary N) is 1. The molecule has 0 fully saturated rings. The monoisotopic (exact) mass is 352 g/mol. The maximum Gasteiger partial charge on any atom is 0.179 e. The number of hydrogen-bond donors (Lipinski definition) is 2. The van der Waals surface area contributed by atoms with Crippen molar-refractivity contribution >= 4 is 21.8 Å². The van der Waals surface area contributed by atoms with Crippen molar-refractivity contribution in [1.82, 2.24) is 0 Å². The zero-order valence-electron chi connectivity index (χ0n) is 11.1. The van der Waals surface area contributed by atoms with Crippen LogP contribution < -0.4 is 15.2 Å². The Bertz CT molecular complexity index is 635. The Morgan fingerprint density at radius 1 is 1.10 bits per heavy atom. The minimum atomic E-state index is -0.581. The Morgan fingerprint density at radius 3 is 2.43 bits per heavy atom. The van der Waals surface area contributed by atoms with Gasteiger partial charge in [-0.3, -0.25) is 5.41 Å². The second kappa shape index (κ2) is 7.08. The van der Waals surface area contributed by atoms with E-state index in [9.17, 15) is 4.39 Å². The second-order valence-electron chi connectivity index (χ2n) is 4.16. The van der Waals surface area contributed by atoms with E-state index in [1.807, 2.05) is 30.3 Å². The van der Waals surface area contributed by atoms with Gasteiger partial charge in [-0.15, -0.1) is 0 Å². The van der Waals surface area contributed by atoms with Gasteiger partial charge >= 0.3 is 0 Å². The van der Waals surface area contributed by atoms with Gasteiger partial charge in [0.05, 0.1) is 4.47 Å². The topological polar surface area (TPSA) is 68.3 Å². The van der Waals surface area contributed by atoms with Crippen molar-refractivity contribution in [2.24, 2.45) is 5.73 Å². The molecule has 3 N–H and O–H groups in total. The normalized spacial score (nSPS) is 10.2. The molecule has 110 valence electrons. The highest BCUT2D eigenvalue weighted by atomic mass is 79.9. The van der Waals surface area contributed by atoms with Gasteiger partial charge in [0, 0.05) is 5.56 Å². The number of hydrogen-bond acceptors (Lipinski definition) is 3. The molecular weight excluding hydrogens is 339 g/mol. The van der Waals surface area contributed by atoms with Crippen molar-refractivity contribution in [3.63, 3.8) is 0 Å². The number of ether oxygens (including phenoxy) is 2. The van der Waals surface area contributed by atoms with Crippen LogP contribution in [0.25, 0.3) is 0 Å². The van der Waals surface area contributed by atoms with Crippen molar-refractivity contribution in [2.75, 3.05) is 13.2 Å². The minimum absolute atomic E-state index is 0.0866. The van der Waals surface area contributed by atoms with Gasteiger partial charge in [-0.25, -0.2) is 4.39 Å². The van der Waals surface area contributed by atoms with Gasteiger partial charge in [-0.2, -0.15) is 0 Å². The fraction of sp³-hybridized carbons (Fsp3) is 0.133. The van der Waals surface area contributed by atoms with Crippen LogP contribution in [-0.2, 0) is 0 Å². The molecule has 2 aromatic carbocycles. The molecule has 2 aromatic rings. The number of amidine groups is 1. The summed E-state index contributed by atoms with van der Waals surface area (Å²) in [6.07, 6.45) is 0. The summed E-state index contributed by atoms with van der Waals surface area (Å²) in [5.41, 5.74) is 5.64. The maximum absolute atomic E-state index is 14.0. The van der Waals surface area contributed by atoms with Crippen molar-refractivity contribution in [3.05, 3.63) is 58.3 Å². The van der Waals surface area contributed by atoms with Gasteiger partial charge in [0.15, 0.2) is 11.6 Å². The van der Waals surface area contributed by atoms with Crippen molar-refractivity contribution in [2.45, 2.75) is 0 Å².